The van der Waals surface area contributed by atoms with Crippen molar-refractivity contribution in [3.05, 3.63) is 60.2 Å². The summed E-state index contributed by atoms with van der Waals surface area (Å²) in [6, 6.07) is 7.84. The van der Waals surface area contributed by atoms with Gasteiger partial charge in [-0.25, -0.2) is 0 Å². The highest BCUT2D eigenvalue weighted by atomic mass is 16.6. The maximum absolute atomic E-state index is 14.5. The van der Waals surface area contributed by atoms with E-state index in [2.05, 4.69) is 6.92 Å². The van der Waals surface area contributed by atoms with Gasteiger partial charge in [-0.1, -0.05) is 68.0 Å². The first kappa shape index (κ1) is 32.9. The number of carbonyl (C=O) groups is 4. The van der Waals surface area contributed by atoms with Gasteiger partial charge in [0.25, 0.3) is 0 Å². The number of ether oxygens (including phenoxy) is 2. The zero-order valence-corrected chi connectivity index (χ0v) is 26.8. The van der Waals surface area contributed by atoms with Crippen molar-refractivity contribution in [2.45, 2.75) is 95.2 Å². The lowest BCUT2D eigenvalue weighted by molar-refractivity contribution is -0.164. The third-order valence-electron chi connectivity index (χ3n) is 10.0. The third kappa shape index (κ3) is 6.06. The zero-order chi connectivity index (χ0) is 32.3. The molecule has 0 aromatic heterocycles. The van der Waals surface area contributed by atoms with E-state index in [1.807, 2.05) is 67.3 Å². The SMILES string of the molecule is CCCC(C)N1CC=C[C@@]23O[C@H]4/C=C\CCC(=O)N(C)[C@@H](C)[C@H](c5ccccc5)OC(=O)[C@H]4[C@@H]2C(=O)N(CCCCO)[C@H]3C1=O. The number of likely N-dealkylation sites (tertiary alicyclic amines) is 1. The average molecular weight is 622 g/mol. The Morgan fingerprint density at radius 2 is 1.82 bits per heavy atom. The van der Waals surface area contributed by atoms with E-state index < -0.39 is 47.7 Å². The van der Waals surface area contributed by atoms with Crippen molar-refractivity contribution in [2.24, 2.45) is 11.8 Å². The summed E-state index contributed by atoms with van der Waals surface area (Å²) in [6.07, 6.45) is 9.12. The van der Waals surface area contributed by atoms with E-state index in [0.29, 0.717) is 25.8 Å². The lowest BCUT2D eigenvalue weighted by Gasteiger charge is -2.37. The quantitative estimate of drug-likeness (QED) is 0.269. The molecule has 0 radical (unpaired) electrons. The van der Waals surface area contributed by atoms with Crippen molar-refractivity contribution in [1.82, 2.24) is 14.7 Å². The summed E-state index contributed by atoms with van der Waals surface area (Å²) in [7, 11) is 1.71. The standard InChI is InChI=1S/C35H47N3O7/c1-5-14-23(2)37-21-13-19-35-29(32(41)38(20-11-12-22-39)31(35)33(37)42)28-26(45-35)17-9-10-18-27(40)36(4)24(3)30(44-34(28)43)25-15-7-6-8-16-25/h6-9,13,15-17,19,23-24,26,28-31,39H,5,10-12,14,18,20-22H2,1-4H3/b17-9-/t23?,24-,26-,28+,29+,30+,31-,35+/m0/s1. The van der Waals surface area contributed by atoms with E-state index in [4.69, 9.17) is 9.47 Å². The molecule has 3 amide bonds. The predicted octanol–water partition coefficient (Wildman–Crippen LogP) is 3.41. The van der Waals surface area contributed by atoms with E-state index in [9.17, 15) is 24.3 Å². The molecule has 1 aromatic carbocycles. The van der Waals surface area contributed by atoms with Crippen LogP contribution in [0, 0.1) is 11.8 Å². The Morgan fingerprint density at radius 1 is 1.07 bits per heavy atom. The van der Waals surface area contributed by atoms with Crippen LogP contribution in [-0.4, -0.2) is 100 Å². The van der Waals surface area contributed by atoms with Gasteiger partial charge in [0.05, 0.1) is 18.1 Å². The summed E-state index contributed by atoms with van der Waals surface area (Å²) < 4.78 is 13.1. The van der Waals surface area contributed by atoms with E-state index in [1.54, 1.807) is 22.9 Å². The van der Waals surface area contributed by atoms with Crippen LogP contribution in [0.15, 0.2) is 54.6 Å². The highest BCUT2D eigenvalue weighted by molar-refractivity contribution is 5.99. The number of nitrogens with zero attached hydrogens (tertiary/aromatic N) is 3. The third-order valence-corrected chi connectivity index (χ3v) is 10.0. The second-order valence-electron chi connectivity index (χ2n) is 12.8. The molecule has 4 heterocycles. The van der Waals surface area contributed by atoms with Crippen LogP contribution in [0.3, 0.4) is 0 Å². The first-order valence-electron chi connectivity index (χ1n) is 16.4. The molecule has 244 valence electrons. The minimum absolute atomic E-state index is 0.0247. The zero-order valence-electron chi connectivity index (χ0n) is 26.8. The number of aliphatic hydroxyl groups is 1. The fourth-order valence-corrected chi connectivity index (χ4v) is 7.51. The summed E-state index contributed by atoms with van der Waals surface area (Å²) in [4.78, 5) is 61.4. The number of fused-ring (bicyclic) bond motifs is 2. The van der Waals surface area contributed by atoms with E-state index in [1.165, 1.54) is 0 Å². The maximum Gasteiger partial charge on any atom is 0.313 e. The summed E-state index contributed by atoms with van der Waals surface area (Å²) in [6.45, 7) is 6.57. The lowest BCUT2D eigenvalue weighted by atomic mass is 9.77. The molecule has 0 saturated carbocycles. The Bertz CT molecular complexity index is 1320. The highest BCUT2D eigenvalue weighted by Gasteiger charge is 2.71. The number of hydrogen-bond acceptors (Lipinski definition) is 7. The Kier molecular flexibility index (Phi) is 10.1. The summed E-state index contributed by atoms with van der Waals surface area (Å²) in [5.41, 5.74) is -0.630. The van der Waals surface area contributed by atoms with Crippen LogP contribution in [0.1, 0.15) is 71.0 Å². The van der Waals surface area contributed by atoms with Crippen molar-refractivity contribution in [3.63, 3.8) is 0 Å². The molecule has 0 aliphatic carbocycles. The van der Waals surface area contributed by atoms with Gasteiger partial charge >= 0.3 is 5.97 Å². The molecule has 1 aromatic rings. The Hall–Kier alpha value is -3.50. The van der Waals surface area contributed by atoms with Gasteiger partial charge in [-0.3, -0.25) is 19.2 Å². The van der Waals surface area contributed by atoms with Crippen molar-refractivity contribution < 1.29 is 33.8 Å². The number of esters is 1. The molecule has 0 bridgehead atoms. The Labute approximate surface area is 266 Å². The van der Waals surface area contributed by atoms with Gasteiger partial charge in [0.2, 0.25) is 17.7 Å². The van der Waals surface area contributed by atoms with Crippen LogP contribution in [0.4, 0.5) is 0 Å². The topological polar surface area (TPSA) is 117 Å². The molecule has 45 heavy (non-hydrogen) atoms. The number of unbranched alkanes of at least 4 members (excludes halogenated alkanes) is 1. The molecule has 1 spiro atoms. The molecule has 8 atom stereocenters. The molecule has 1 unspecified atom stereocenters. The molecule has 1 N–H and O–H groups in total. The summed E-state index contributed by atoms with van der Waals surface area (Å²) in [5.74, 6) is -3.17. The molecule has 4 aliphatic heterocycles. The van der Waals surface area contributed by atoms with Crippen molar-refractivity contribution >= 4 is 23.7 Å². The second-order valence-corrected chi connectivity index (χ2v) is 12.8. The molecule has 10 nitrogen and oxygen atoms in total. The molecule has 5 rings (SSSR count). The highest BCUT2D eigenvalue weighted by Crippen LogP contribution is 2.53. The molecular weight excluding hydrogens is 574 g/mol. The summed E-state index contributed by atoms with van der Waals surface area (Å²) in [5, 5.41) is 9.48. The Morgan fingerprint density at radius 3 is 2.53 bits per heavy atom. The number of benzene rings is 1. The first-order chi connectivity index (χ1) is 21.7. The number of aliphatic hydroxyl groups excluding tert-OH is 1. The van der Waals surface area contributed by atoms with Gasteiger partial charge < -0.3 is 29.3 Å². The number of likely N-dealkylation sites (N-methyl/N-ethyl adjacent to an activating group) is 1. The van der Waals surface area contributed by atoms with Crippen molar-refractivity contribution in [1.29, 1.82) is 0 Å². The average Bonchev–Trinajstić information content (AvgIpc) is 3.41. The lowest BCUT2D eigenvalue weighted by Crippen LogP contribution is -2.56. The number of hydrogen-bond donors (Lipinski definition) is 1. The number of allylic oxidation sites excluding steroid dienone is 1. The van der Waals surface area contributed by atoms with Crippen LogP contribution < -0.4 is 0 Å². The van der Waals surface area contributed by atoms with Crippen LogP contribution in [0.2, 0.25) is 0 Å². The molecular formula is C35H47N3O7. The van der Waals surface area contributed by atoms with Crippen LogP contribution in [0.5, 0.6) is 0 Å². The number of cyclic esters (lactones) is 1. The van der Waals surface area contributed by atoms with Crippen molar-refractivity contribution in [2.75, 3.05) is 26.7 Å². The first-order valence-corrected chi connectivity index (χ1v) is 16.4. The van der Waals surface area contributed by atoms with Crippen molar-refractivity contribution in [3.8, 4) is 0 Å². The van der Waals surface area contributed by atoms with E-state index >= 15 is 0 Å². The van der Waals surface area contributed by atoms with Crippen LogP contribution in [-0.2, 0) is 28.7 Å². The number of rotatable bonds is 8. The van der Waals surface area contributed by atoms with Crippen LogP contribution >= 0.6 is 0 Å². The van der Waals surface area contributed by atoms with Gasteiger partial charge in [0.15, 0.2) is 0 Å². The molecule has 2 fully saturated rings. The van der Waals surface area contributed by atoms with Gasteiger partial charge in [-0.15, -0.1) is 0 Å². The Balaban J connectivity index is 1.59. The van der Waals surface area contributed by atoms with Gasteiger partial charge in [0, 0.05) is 39.2 Å². The fraction of sp³-hybridized carbons (Fsp3) is 0.600. The maximum atomic E-state index is 14.5. The number of carbonyl (C=O) groups excluding carboxylic acids is 4. The molecule has 10 heteroatoms. The second kappa shape index (κ2) is 13.9. The predicted molar refractivity (Wildman–Crippen MR) is 168 cm³/mol. The fourth-order valence-electron chi connectivity index (χ4n) is 7.51. The molecule has 2 saturated heterocycles. The van der Waals surface area contributed by atoms with Gasteiger partial charge in [0.1, 0.15) is 23.7 Å². The van der Waals surface area contributed by atoms with Gasteiger partial charge in [-0.05, 0) is 45.1 Å². The van der Waals surface area contributed by atoms with E-state index in [-0.39, 0.29) is 43.3 Å². The minimum Gasteiger partial charge on any atom is -0.455 e. The number of amides is 3. The van der Waals surface area contributed by atoms with Crippen LogP contribution in [0.25, 0.3) is 0 Å². The van der Waals surface area contributed by atoms with Gasteiger partial charge in [-0.2, -0.15) is 0 Å². The minimum atomic E-state index is -1.37. The van der Waals surface area contributed by atoms with E-state index in [0.717, 1.165) is 18.4 Å². The molecule has 4 aliphatic rings. The smallest absolute Gasteiger partial charge is 0.313 e. The largest absolute Gasteiger partial charge is 0.455 e. The summed E-state index contributed by atoms with van der Waals surface area (Å²) >= 11 is 0. The monoisotopic (exact) mass is 621 g/mol. The normalized spacial score (nSPS) is 33.5.